The van der Waals surface area contributed by atoms with Crippen molar-refractivity contribution >= 4 is 6.29 Å². The second-order valence-electron chi connectivity index (χ2n) is 6.76. The van der Waals surface area contributed by atoms with Crippen LogP contribution in [0.25, 0.3) is 0 Å². The highest BCUT2D eigenvalue weighted by Gasteiger charge is 1.92. The molecule has 0 atom stereocenters. The quantitative estimate of drug-likeness (QED) is 0.157. The van der Waals surface area contributed by atoms with Crippen molar-refractivity contribution in [1.29, 1.82) is 0 Å². The molecule has 1 heteroatoms. The molecule has 0 heterocycles. The lowest BCUT2D eigenvalue weighted by molar-refractivity contribution is -0.107. The van der Waals surface area contributed by atoms with Gasteiger partial charge in [-0.2, -0.15) is 0 Å². The van der Waals surface area contributed by atoms with Crippen molar-refractivity contribution in [3.63, 3.8) is 0 Å². The van der Waals surface area contributed by atoms with E-state index < -0.39 is 0 Å². The standard InChI is InChI=1S/C22H40O/c1-2-3-4-5-6-7-8-9-10-11-12-13-14-15-16-17-18-19-20-21-22-23/h22H,2-8,11-21H2,1H3. The molecule has 0 bridgehead atoms. The Morgan fingerprint density at radius 3 is 1.39 bits per heavy atom. The van der Waals surface area contributed by atoms with Crippen LogP contribution < -0.4 is 0 Å². The molecule has 0 amide bonds. The van der Waals surface area contributed by atoms with Gasteiger partial charge in [0.15, 0.2) is 0 Å². The summed E-state index contributed by atoms with van der Waals surface area (Å²) in [5, 5.41) is 0. The molecule has 0 saturated carbocycles. The zero-order valence-corrected chi connectivity index (χ0v) is 15.7. The fourth-order valence-corrected chi connectivity index (χ4v) is 2.85. The van der Waals surface area contributed by atoms with Crippen LogP contribution in [0.1, 0.15) is 122 Å². The maximum Gasteiger partial charge on any atom is 0.119 e. The second-order valence-corrected chi connectivity index (χ2v) is 6.76. The second kappa shape index (κ2) is 21.2. The smallest absolute Gasteiger partial charge is 0.119 e. The Balaban J connectivity index is 3.07. The van der Waals surface area contributed by atoms with Crippen molar-refractivity contribution in [2.24, 2.45) is 0 Å². The fourth-order valence-electron chi connectivity index (χ4n) is 2.85. The highest BCUT2D eigenvalue weighted by atomic mass is 16.1. The molecule has 0 saturated heterocycles. The SMILES string of the molecule is CCCCCCCCC#CCCCCCCCCCCCC=O. The third-order valence-electron chi connectivity index (χ3n) is 4.40. The summed E-state index contributed by atoms with van der Waals surface area (Å²) in [6.45, 7) is 2.27. The van der Waals surface area contributed by atoms with Gasteiger partial charge in [0, 0.05) is 19.3 Å². The normalized spacial score (nSPS) is 10.3. The van der Waals surface area contributed by atoms with Crippen molar-refractivity contribution in [1.82, 2.24) is 0 Å². The molecule has 0 aliphatic heterocycles. The minimum atomic E-state index is 0.750. The van der Waals surface area contributed by atoms with Gasteiger partial charge in [-0.1, -0.05) is 84.0 Å². The van der Waals surface area contributed by atoms with Gasteiger partial charge in [0.25, 0.3) is 0 Å². The Morgan fingerprint density at radius 1 is 0.565 bits per heavy atom. The number of rotatable bonds is 17. The van der Waals surface area contributed by atoms with E-state index in [0.717, 1.165) is 32.0 Å². The van der Waals surface area contributed by atoms with Gasteiger partial charge in [-0.25, -0.2) is 0 Å². The molecule has 0 N–H and O–H groups in total. The van der Waals surface area contributed by atoms with Crippen LogP contribution in [0.4, 0.5) is 0 Å². The number of carbonyl (C=O) groups is 1. The Kier molecular flexibility index (Phi) is 20.5. The van der Waals surface area contributed by atoms with Gasteiger partial charge in [0.05, 0.1) is 0 Å². The maximum atomic E-state index is 10.2. The molecule has 0 unspecified atom stereocenters. The highest BCUT2D eigenvalue weighted by Crippen LogP contribution is 2.11. The van der Waals surface area contributed by atoms with E-state index in [1.165, 1.54) is 89.9 Å². The molecule has 0 fully saturated rings. The van der Waals surface area contributed by atoms with Crippen LogP contribution in [0.2, 0.25) is 0 Å². The average Bonchev–Trinajstić information content (AvgIpc) is 2.57. The lowest BCUT2D eigenvalue weighted by atomic mass is 10.1. The van der Waals surface area contributed by atoms with E-state index in [2.05, 4.69) is 18.8 Å². The van der Waals surface area contributed by atoms with Crippen LogP contribution in [0.5, 0.6) is 0 Å². The molecule has 0 spiro atoms. The highest BCUT2D eigenvalue weighted by molar-refractivity contribution is 5.48. The molecule has 0 aromatic rings. The van der Waals surface area contributed by atoms with Gasteiger partial charge in [0.2, 0.25) is 0 Å². The molecule has 0 rings (SSSR count). The minimum absolute atomic E-state index is 0.750. The molecule has 0 aliphatic carbocycles. The van der Waals surface area contributed by atoms with Gasteiger partial charge in [0.1, 0.15) is 6.29 Å². The largest absolute Gasteiger partial charge is 0.303 e. The lowest BCUT2D eigenvalue weighted by Gasteiger charge is -2.00. The Bertz CT molecular complexity index is 284. The monoisotopic (exact) mass is 320 g/mol. The Morgan fingerprint density at radius 2 is 0.957 bits per heavy atom. The summed E-state index contributed by atoms with van der Waals surface area (Å²) in [7, 11) is 0. The summed E-state index contributed by atoms with van der Waals surface area (Å²) < 4.78 is 0. The predicted octanol–water partition coefficient (Wildman–Crippen LogP) is 7.23. The van der Waals surface area contributed by atoms with Crippen molar-refractivity contribution < 1.29 is 4.79 Å². The van der Waals surface area contributed by atoms with Crippen molar-refractivity contribution in [3.05, 3.63) is 0 Å². The predicted molar refractivity (Wildman–Crippen MR) is 103 cm³/mol. The Hall–Kier alpha value is -0.770. The van der Waals surface area contributed by atoms with Crippen molar-refractivity contribution in [3.8, 4) is 11.8 Å². The van der Waals surface area contributed by atoms with E-state index in [9.17, 15) is 4.79 Å². The van der Waals surface area contributed by atoms with E-state index in [0.29, 0.717) is 0 Å². The van der Waals surface area contributed by atoms with Gasteiger partial charge >= 0.3 is 0 Å². The number of hydrogen-bond donors (Lipinski definition) is 0. The third-order valence-corrected chi connectivity index (χ3v) is 4.40. The van der Waals surface area contributed by atoms with Crippen LogP contribution in [-0.4, -0.2) is 6.29 Å². The summed E-state index contributed by atoms with van der Waals surface area (Å²) >= 11 is 0. The van der Waals surface area contributed by atoms with E-state index >= 15 is 0 Å². The number of aldehydes is 1. The molecule has 0 radical (unpaired) electrons. The van der Waals surface area contributed by atoms with E-state index in [1.54, 1.807) is 0 Å². The summed E-state index contributed by atoms with van der Waals surface area (Å²) in [5.41, 5.74) is 0. The van der Waals surface area contributed by atoms with Crippen LogP contribution in [0.15, 0.2) is 0 Å². The summed E-state index contributed by atoms with van der Waals surface area (Å²) in [5.74, 6) is 6.68. The molecule has 1 nitrogen and oxygen atoms in total. The molecule has 0 aliphatic rings. The van der Waals surface area contributed by atoms with E-state index in [1.807, 2.05) is 0 Å². The summed E-state index contributed by atoms with van der Waals surface area (Å²) in [4.78, 5) is 10.2. The fraction of sp³-hybridized carbons (Fsp3) is 0.864. The first-order chi connectivity index (χ1) is 11.4. The first-order valence-electron chi connectivity index (χ1n) is 10.3. The van der Waals surface area contributed by atoms with Crippen LogP contribution in [0.3, 0.4) is 0 Å². The van der Waals surface area contributed by atoms with Gasteiger partial charge in [-0.05, 0) is 19.3 Å². The minimum Gasteiger partial charge on any atom is -0.303 e. The topological polar surface area (TPSA) is 17.1 Å². The average molecular weight is 321 g/mol. The van der Waals surface area contributed by atoms with E-state index in [4.69, 9.17) is 0 Å². The van der Waals surface area contributed by atoms with Gasteiger partial charge in [-0.15, -0.1) is 11.8 Å². The van der Waals surface area contributed by atoms with Crippen molar-refractivity contribution in [2.45, 2.75) is 122 Å². The summed E-state index contributed by atoms with van der Waals surface area (Å²) in [6, 6.07) is 0. The molecular weight excluding hydrogens is 280 g/mol. The zero-order valence-electron chi connectivity index (χ0n) is 15.7. The molecule has 134 valence electrons. The maximum absolute atomic E-state index is 10.2. The molecule has 0 aromatic heterocycles. The van der Waals surface area contributed by atoms with Gasteiger partial charge in [-0.3, -0.25) is 0 Å². The molecular formula is C22H40O. The van der Waals surface area contributed by atoms with Crippen molar-refractivity contribution in [2.75, 3.05) is 0 Å². The van der Waals surface area contributed by atoms with E-state index in [-0.39, 0.29) is 0 Å². The molecule has 23 heavy (non-hydrogen) atoms. The van der Waals surface area contributed by atoms with Crippen LogP contribution in [-0.2, 0) is 4.79 Å². The third kappa shape index (κ3) is 21.2. The number of unbranched alkanes of at least 4 members (excludes halogenated alkanes) is 16. The van der Waals surface area contributed by atoms with Gasteiger partial charge < -0.3 is 4.79 Å². The zero-order chi connectivity index (χ0) is 16.8. The Labute approximate surface area is 146 Å². The molecule has 0 aromatic carbocycles. The number of carbonyl (C=O) groups excluding carboxylic acids is 1. The number of hydrogen-bond acceptors (Lipinski definition) is 1. The summed E-state index contributed by atoms with van der Waals surface area (Å²) in [6.07, 6.45) is 23.9. The first-order valence-corrected chi connectivity index (χ1v) is 10.3. The van der Waals surface area contributed by atoms with Crippen LogP contribution in [0, 0.1) is 11.8 Å². The lowest BCUT2D eigenvalue weighted by Crippen LogP contribution is -1.82. The first kappa shape index (κ1) is 22.2. The van der Waals surface area contributed by atoms with Crippen LogP contribution >= 0.6 is 0 Å².